The fourth-order valence-corrected chi connectivity index (χ4v) is 5.59. The summed E-state index contributed by atoms with van der Waals surface area (Å²) in [5, 5.41) is 4.72. The molecule has 2 saturated carbocycles. The van der Waals surface area contributed by atoms with Crippen molar-refractivity contribution >= 4 is 23.3 Å². The summed E-state index contributed by atoms with van der Waals surface area (Å²) in [6, 6.07) is 16.6. The van der Waals surface area contributed by atoms with Crippen LogP contribution in [0.2, 0.25) is 0 Å². The first-order valence-electron chi connectivity index (χ1n) is 13.9. The Balaban J connectivity index is 1.24. The number of hydrogen-bond donors (Lipinski definition) is 0. The molecule has 2 fully saturated rings. The summed E-state index contributed by atoms with van der Waals surface area (Å²) in [6.45, 7) is 2.68. The smallest absolute Gasteiger partial charge is 0.414 e. The number of carbonyl (C=O) groups excluding carboxylic acids is 2. The number of halogens is 1. The van der Waals surface area contributed by atoms with E-state index in [-0.39, 0.29) is 35.2 Å². The average Bonchev–Trinajstić information content (AvgIpc) is 3.90. The highest BCUT2D eigenvalue weighted by atomic mass is 19.1. The van der Waals surface area contributed by atoms with E-state index in [1.54, 1.807) is 28.8 Å². The molecule has 9 heteroatoms. The molecular formula is C31H30FN5O3. The Morgan fingerprint density at radius 2 is 1.85 bits per heavy atom. The molecule has 0 radical (unpaired) electrons. The van der Waals surface area contributed by atoms with E-state index in [4.69, 9.17) is 14.8 Å². The number of aromatic nitrogens is 3. The third kappa shape index (κ3) is 4.29. The Hall–Kier alpha value is -4.27. The Morgan fingerprint density at radius 3 is 2.62 bits per heavy atom. The normalized spacial score (nSPS) is 18.5. The molecule has 8 nitrogen and oxygen atoms in total. The van der Waals surface area contributed by atoms with E-state index in [0.29, 0.717) is 23.6 Å². The zero-order valence-corrected chi connectivity index (χ0v) is 22.5. The lowest BCUT2D eigenvalue weighted by Gasteiger charge is -2.35. The average molecular weight is 540 g/mol. The summed E-state index contributed by atoms with van der Waals surface area (Å²) in [5.74, 6) is -0.395. The zero-order chi connectivity index (χ0) is 27.5. The second-order valence-electron chi connectivity index (χ2n) is 11.0. The summed E-state index contributed by atoms with van der Waals surface area (Å²) in [6.07, 6.45) is 3.84. The summed E-state index contributed by atoms with van der Waals surface area (Å²) >= 11 is 0. The van der Waals surface area contributed by atoms with Crippen LogP contribution in [-0.4, -0.2) is 51.2 Å². The van der Waals surface area contributed by atoms with Crippen LogP contribution < -0.4 is 4.90 Å². The van der Waals surface area contributed by atoms with Crippen molar-refractivity contribution < 1.29 is 18.7 Å². The molecule has 3 aliphatic rings. The fraction of sp³-hybridized carbons (Fsp3) is 0.355. The standard InChI is InChI=1S/C31H30FN5O3/c1-18-22-7-4-3-6-19(22)14-15-36(18)30(38)25-16-27(20-10-11-20)37-28(33-25)17-24(34-37)23-8-5-9-26(29(23)32)35(2)31(39)40-21-12-13-21/h3-9,16-18,20-21H,10-15H2,1-2H3/t18-/m1/s1. The highest BCUT2D eigenvalue weighted by Gasteiger charge is 2.33. The van der Waals surface area contributed by atoms with Gasteiger partial charge >= 0.3 is 6.09 Å². The van der Waals surface area contributed by atoms with Crippen molar-refractivity contribution in [1.29, 1.82) is 0 Å². The third-order valence-electron chi connectivity index (χ3n) is 8.21. The van der Waals surface area contributed by atoms with Crippen molar-refractivity contribution in [2.75, 3.05) is 18.5 Å². The van der Waals surface area contributed by atoms with Crippen LogP contribution in [0.3, 0.4) is 0 Å². The van der Waals surface area contributed by atoms with Gasteiger partial charge in [-0.25, -0.2) is 18.7 Å². The van der Waals surface area contributed by atoms with Gasteiger partial charge in [-0.15, -0.1) is 0 Å². The van der Waals surface area contributed by atoms with Crippen LogP contribution in [0.15, 0.2) is 54.6 Å². The van der Waals surface area contributed by atoms with E-state index in [2.05, 4.69) is 19.1 Å². The van der Waals surface area contributed by atoms with Crippen molar-refractivity contribution in [1.82, 2.24) is 19.5 Å². The van der Waals surface area contributed by atoms with E-state index in [9.17, 15) is 9.59 Å². The molecule has 0 spiro atoms. The number of benzene rings is 2. The molecule has 7 rings (SSSR count). The minimum absolute atomic E-state index is 0.0549. The molecule has 40 heavy (non-hydrogen) atoms. The van der Waals surface area contributed by atoms with Crippen LogP contribution in [0.5, 0.6) is 0 Å². The maximum absolute atomic E-state index is 15.8. The molecule has 0 N–H and O–H groups in total. The minimum atomic E-state index is -0.580. The van der Waals surface area contributed by atoms with E-state index in [0.717, 1.165) is 37.8 Å². The molecular weight excluding hydrogens is 509 g/mol. The number of amides is 2. The number of nitrogens with zero attached hydrogens (tertiary/aromatic N) is 5. The molecule has 0 bridgehead atoms. The van der Waals surface area contributed by atoms with Crippen LogP contribution in [0.25, 0.3) is 16.9 Å². The van der Waals surface area contributed by atoms with Crippen LogP contribution in [0, 0.1) is 5.82 Å². The lowest BCUT2D eigenvalue weighted by molar-refractivity contribution is 0.0671. The largest absolute Gasteiger partial charge is 0.446 e. The summed E-state index contributed by atoms with van der Waals surface area (Å²) in [7, 11) is 1.50. The van der Waals surface area contributed by atoms with Gasteiger partial charge in [0.15, 0.2) is 11.5 Å². The highest BCUT2D eigenvalue weighted by molar-refractivity contribution is 5.94. The van der Waals surface area contributed by atoms with Crippen molar-refractivity contribution in [3.05, 3.63) is 82.9 Å². The Morgan fingerprint density at radius 1 is 1.05 bits per heavy atom. The van der Waals surface area contributed by atoms with Gasteiger partial charge < -0.3 is 9.64 Å². The number of ether oxygens (including phenoxy) is 1. The summed E-state index contributed by atoms with van der Waals surface area (Å²) in [5.41, 5.74) is 4.99. The molecule has 0 unspecified atom stereocenters. The molecule has 2 aromatic heterocycles. The van der Waals surface area contributed by atoms with Gasteiger partial charge in [0.05, 0.1) is 17.4 Å². The number of anilines is 1. The molecule has 2 aromatic carbocycles. The van der Waals surface area contributed by atoms with Gasteiger partial charge in [0.1, 0.15) is 11.8 Å². The first-order valence-corrected chi connectivity index (χ1v) is 13.9. The molecule has 204 valence electrons. The van der Waals surface area contributed by atoms with Crippen molar-refractivity contribution in [3.63, 3.8) is 0 Å². The van der Waals surface area contributed by atoms with Crippen LogP contribution >= 0.6 is 0 Å². The maximum atomic E-state index is 15.8. The molecule has 1 atom stereocenters. The van der Waals surface area contributed by atoms with E-state index < -0.39 is 11.9 Å². The van der Waals surface area contributed by atoms with Gasteiger partial charge in [0.2, 0.25) is 0 Å². The SMILES string of the molecule is C[C@@H]1c2ccccc2CCN1C(=O)c1cc(C2CC2)n2nc(-c3cccc(N(C)C(=O)OC4CC4)c3F)cc2n1. The predicted molar refractivity (Wildman–Crippen MR) is 148 cm³/mol. The Labute approximate surface area is 231 Å². The predicted octanol–water partition coefficient (Wildman–Crippen LogP) is 5.91. The molecule has 2 amide bonds. The van der Waals surface area contributed by atoms with Gasteiger partial charge in [0, 0.05) is 36.8 Å². The number of rotatable bonds is 5. The van der Waals surface area contributed by atoms with Gasteiger partial charge in [-0.1, -0.05) is 30.3 Å². The van der Waals surface area contributed by atoms with E-state index >= 15 is 4.39 Å². The lowest BCUT2D eigenvalue weighted by Crippen LogP contribution is -2.39. The number of hydrogen-bond acceptors (Lipinski definition) is 5. The maximum Gasteiger partial charge on any atom is 0.414 e. The zero-order valence-electron chi connectivity index (χ0n) is 22.5. The van der Waals surface area contributed by atoms with E-state index in [1.165, 1.54) is 23.1 Å². The van der Waals surface area contributed by atoms with Crippen molar-refractivity contribution in [2.24, 2.45) is 0 Å². The van der Waals surface area contributed by atoms with Crippen LogP contribution in [0.1, 0.15) is 71.9 Å². The van der Waals surface area contributed by atoms with Crippen molar-refractivity contribution in [2.45, 2.75) is 57.1 Å². The molecule has 4 aromatic rings. The Bertz CT molecular complexity index is 1660. The first kappa shape index (κ1) is 24.7. The summed E-state index contributed by atoms with van der Waals surface area (Å²) in [4.78, 5) is 34.0. The molecule has 0 saturated heterocycles. The molecule has 2 aliphatic carbocycles. The van der Waals surface area contributed by atoms with Gasteiger partial charge in [-0.2, -0.15) is 5.10 Å². The first-order chi connectivity index (χ1) is 19.4. The van der Waals surface area contributed by atoms with Gasteiger partial charge in [0.25, 0.3) is 5.91 Å². The number of carbonyl (C=O) groups is 2. The fourth-order valence-electron chi connectivity index (χ4n) is 5.59. The van der Waals surface area contributed by atoms with Gasteiger partial charge in [-0.05, 0) is 68.4 Å². The molecule has 1 aliphatic heterocycles. The quantitative estimate of drug-likeness (QED) is 0.315. The highest BCUT2D eigenvalue weighted by Crippen LogP contribution is 2.41. The minimum Gasteiger partial charge on any atom is -0.446 e. The lowest BCUT2D eigenvalue weighted by atomic mass is 9.93. The third-order valence-corrected chi connectivity index (χ3v) is 8.21. The number of fused-ring (bicyclic) bond motifs is 2. The summed E-state index contributed by atoms with van der Waals surface area (Å²) < 4.78 is 22.8. The van der Waals surface area contributed by atoms with Crippen molar-refractivity contribution in [3.8, 4) is 11.3 Å². The van der Waals surface area contributed by atoms with Gasteiger partial charge in [-0.3, -0.25) is 9.69 Å². The second kappa shape index (κ2) is 9.43. The second-order valence-corrected chi connectivity index (χ2v) is 11.0. The van der Waals surface area contributed by atoms with E-state index in [1.807, 2.05) is 23.1 Å². The van der Waals surface area contributed by atoms with Crippen LogP contribution in [0.4, 0.5) is 14.9 Å². The molecule has 3 heterocycles. The van der Waals surface area contributed by atoms with Crippen LogP contribution in [-0.2, 0) is 11.2 Å². The topological polar surface area (TPSA) is 80.0 Å². The monoisotopic (exact) mass is 539 g/mol. The Kier molecular flexibility index (Phi) is 5.83.